The molecule has 0 amide bonds. The molecule has 0 saturated heterocycles. The lowest BCUT2D eigenvalue weighted by atomic mass is 10.0. The molecule has 0 radical (unpaired) electrons. The number of nitrogens with one attached hydrogen (secondary N) is 1. The zero-order chi connectivity index (χ0) is 14.2. The molecule has 1 aliphatic rings. The first-order chi connectivity index (χ1) is 9.67. The van der Waals surface area contributed by atoms with Crippen molar-refractivity contribution in [3.63, 3.8) is 0 Å². The Hall–Kier alpha value is -1.64. The van der Waals surface area contributed by atoms with Crippen molar-refractivity contribution in [2.45, 2.75) is 25.8 Å². The fourth-order valence-electron chi connectivity index (χ4n) is 2.70. The largest absolute Gasteiger partial charge is 0.385 e. The van der Waals surface area contributed by atoms with E-state index in [0.717, 1.165) is 35.4 Å². The van der Waals surface area contributed by atoms with Crippen LogP contribution in [0.25, 0.3) is 11.0 Å². The summed E-state index contributed by atoms with van der Waals surface area (Å²) < 4.78 is 8.07. The molecule has 5 heteroatoms. The zero-order valence-electron chi connectivity index (χ0n) is 11.5. The van der Waals surface area contributed by atoms with E-state index in [1.165, 1.54) is 12.8 Å². The van der Waals surface area contributed by atoms with Gasteiger partial charge in [-0.05, 0) is 55.1 Å². The fraction of sp³-hybridized carbons (Fsp3) is 0.467. The second kappa shape index (κ2) is 5.04. The molecule has 104 valence electrons. The molecule has 0 spiro atoms. The highest BCUT2D eigenvalue weighted by Crippen LogP contribution is 2.50. The number of H-pyrrole nitrogens is 1. The van der Waals surface area contributed by atoms with Gasteiger partial charge in [-0.2, -0.15) is 5.26 Å². The molecule has 0 unspecified atom stereocenters. The molecule has 1 heterocycles. The molecule has 1 fully saturated rings. The van der Waals surface area contributed by atoms with Crippen LogP contribution in [-0.4, -0.2) is 23.3 Å². The van der Waals surface area contributed by atoms with Crippen LogP contribution in [-0.2, 0) is 11.3 Å². The molecule has 4 nitrogen and oxygen atoms in total. The highest BCUT2D eigenvalue weighted by Gasteiger charge is 2.42. The number of methoxy groups -OCH3 is 1. The lowest BCUT2D eigenvalue weighted by molar-refractivity contribution is 0.167. The van der Waals surface area contributed by atoms with Crippen LogP contribution in [0.5, 0.6) is 0 Å². The molecule has 3 rings (SSSR count). The summed E-state index contributed by atoms with van der Waals surface area (Å²) in [5.41, 5.74) is 3.02. The Morgan fingerprint density at radius 3 is 2.95 bits per heavy atom. The summed E-state index contributed by atoms with van der Waals surface area (Å²) in [4.78, 5) is 3.22. The first-order valence-electron chi connectivity index (χ1n) is 6.79. The van der Waals surface area contributed by atoms with Gasteiger partial charge in [0.1, 0.15) is 0 Å². The highest BCUT2D eigenvalue weighted by atomic mass is 32.1. The summed E-state index contributed by atoms with van der Waals surface area (Å²) in [7, 11) is 1.74. The van der Waals surface area contributed by atoms with Crippen molar-refractivity contribution >= 4 is 23.3 Å². The lowest BCUT2D eigenvalue weighted by Gasteiger charge is -2.16. The molecule has 20 heavy (non-hydrogen) atoms. The van der Waals surface area contributed by atoms with Crippen LogP contribution in [0.2, 0.25) is 0 Å². The normalized spacial score (nSPS) is 16.2. The summed E-state index contributed by atoms with van der Waals surface area (Å²) in [6.07, 6.45) is 3.52. The van der Waals surface area contributed by atoms with E-state index in [0.29, 0.717) is 11.0 Å². The van der Waals surface area contributed by atoms with E-state index < -0.39 is 0 Å². The monoisotopic (exact) mass is 287 g/mol. The fourth-order valence-corrected chi connectivity index (χ4v) is 2.97. The van der Waals surface area contributed by atoms with Gasteiger partial charge in [-0.1, -0.05) is 0 Å². The van der Waals surface area contributed by atoms with Crippen molar-refractivity contribution in [3.8, 4) is 6.07 Å². The summed E-state index contributed by atoms with van der Waals surface area (Å²) in [5.74, 6) is 0. The Morgan fingerprint density at radius 2 is 2.30 bits per heavy atom. The van der Waals surface area contributed by atoms with Gasteiger partial charge in [0.05, 0.1) is 22.7 Å². The number of rotatable bonds is 5. The topological polar surface area (TPSA) is 53.7 Å². The minimum atomic E-state index is 0.325. The van der Waals surface area contributed by atoms with Crippen molar-refractivity contribution in [2.24, 2.45) is 5.41 Å². The number of aromatic nitrogens is 2. The number of ether oxygens (including phenoxy) is 1. The van der Waals surface area contributed by atoms with Crippen molar-refractivity contribution in [3.05, 3.63) is 28.5 Å². The van der Waals surface area contributed by atoms with Gasteiger partial charge >= 0.3 is 0 Å². The summed E-state index contributed by atoms with van der Waals surface area (Å²) in [6.45, 7) is 1.70. The van der Waals surface area contributed by atoms with Gasteiger partial charge in [-0.25, -0.2) is 0 Å². The smallest absolute Gasteiger partial charge is 0.178 e. The Bertz CT molecular complexity index is 734. The molecule has 2 aromatic rings. The van der Waals surface area contributed by atoms with E-state index in [-0.39, 0.29) is 0 Å². The van der Waals surface area contributed by atoms with Gasteiger partial charge in [0.25, 0.3) is 0 Å². The van der Waals surface area contributed by atoms with Gasteiger partial charge in [-0.3, -0.25) is 0 Å². The van der Waals surface area contributed by atoms with Gasteiger partial charge in [0, 0.05) is 20.3 Å². The number of hydrogen-bond donors (Lipinski definition) is 1. The SMILES string of the molecule is COCCC1(Cn2c(=S)[nH]c3ccc(C#N)cc32)CC1. The van der Waals surface area contributed by atoms with E-state index in [4.69, 9.17) is 22.2 Å². The maximum atomic E-state index is 9.04. The number of fused-ring (bicyclic) bond motifs is 1. The van der Waals surface area contributed by atoms with Crippen LogP contribution in [0.3, 0.4) is 0 Å². The molecule has 0 atom stereocenters. The van der Waals surface area contributed by atoms with E-state index in [1.54, 1.807) is 7.11 Å². The van der Waals surface area contributed by atoms with Crippen LogP contribution < -0.4 is 0 Å². The molecule has 1 N–H and O–H groups in total. The van der Waals surface area contributed by atoms with Crippen LogP contribution in [0.4, 0.5) is 0 Å². The number of hydrogen-bond acceptors (Lipinski definition) is 3. The Balaban J connectivity index is 1.97. The third kappa shape index (κ3) is 2.37. The zero-order valence-corrected chi connectivity index (χ0v) is 12.3. The van der Waals surface area contributed by atoms with Crippen molar-refractivity contribution < 1.29 is 4.74 Å². The minimum Gasteiger partial charge on any atom is -0.385 e. The van der Waals surface area contributed by atoms with Crippen LogP contribution in [0.1, 0.15) is 24.8 Å². The Morgan fingerprint density at radius 1 is 1.50 bits per heavy atom. The van der Waals surface area contributed by atoms with E-state index >= 15 is 0 Å². The van der Waals surface area contributed by atoms with Crippen molar-refractivity contribution in [1.82, 2.24) is 9.55 Å². The molecule has 1 aliphatic carbocycles. The van der Waals surface area contributed by atoms with Gasteiger partial charge in [-0.15, -0.1) is 0 Å². The maximum absolute atomic E-state index is 9.04. The lowest BCUT2D eigenvalue weighted by Crippen LogP contribution is -2.14. The molecular formula is C15H17N3OS. The number of nitrogens with zero attached hydrogens (tertiary/aromatic N) is 2. The first kappa shape index (κ1) is 13.3. The van der Waals surface area contributed by atoms with E-state index in [2.05, 4.69) is 15.6 Å². The summed E-state index contributed by atoms with van der Waals surface area (Å²) >= 11 is 5.43. The molecule has 0 aliphatic heterocycles. The quantitative estimate of drug-likeness (QED) is 0.858. The Labute approximate surface area is 123 Å². The average molecular weight is 287 g/mol. The van der Waals surface area contributed by atoms with Gasteiger partial charge in [0.2, 0.25) is 0 Å². The van der Waals surface area contributed by atoms with Crippen molar-refractivity contribution in [1.29, 1.82) is 5.26 Å². The third-order valence-corrected chi connectivity index (χ3v) is 4.51. The van der Waals surface area contributed by atoms with E-state index in [9.17, 15) is 0 Å². The number of benzene rings is 1. The maximum Gasteiger partial charge on any atom is 0.178 e. The predicted octanol–water partition coefficient (Wildman–Crippen LogP) is 3.39. The summed E-state index contributed by atoms with van der Waals surface area (Å²) in [5, 5.41) is 9.04. The van der Waals surface area contributed by atoms with Gasteiger partial charge in [0.15, 0.2) is 4.77 Å². The predicted molar refractivity (Wildman–Crippen MR) is 80.0 cm³/mol. The second-order valence-electron chi connectivity index (χ2n) is 5.60. The van der Waals surface area contributed by atoms with Gasteiger partial charge < -0.3 is 14.3 Å². The van der Waals surface area contributed by atoms with Crippen LogP contribution in [0, 0.1) is 21.5 Å². The average Bonchev–Trinajstić information content (AvgIpc) is 3.16. The first-order valence-corrected chi connectivity index (χ1v) is 7.20. The number of nitriles is 1. The third-order valence-electron chi connectivity index (χ3n) is 4.19. The number of imidazole rings is 1. The van der Waals surface area contributed by atoms with Crippen LogP contribution >= 0.6 is 12.2 Å². The highest BCUT2D eigenvalue weighted by molar-refractivity contribution is 7.71. The Kier molecular flexibility index (Phi) is 3.36. The van der Waals surface area contributed by atoms with Crippen LogP contribution in [0.15, 0.2) is 18.2 Å². The molecule has 1 saturated carbocycles. The standard InChI is InChI=1S/C15H17N3OS/c1-19-7-6-15(4-5-15)10-18-13-8-11(9-16)2-3-12(13)17-14(18)20/h2-3,8H,4-7,10H2,1H3,(H,17,20). The summed E-state index contributed by atoms with van der Waals surface area (Å²) in [6, 6.07) is 7.84. The number of aromatic amines is 1. The molecule has 1 aromatic heterocycles. The van der Waals surface area contributed by atoms with Crippen molar-refractivity contribution in [2.75, 3.05) is 13.7 Å². The minimum absolute atomic E-state index is 0.325. The second-order valence-corrected chi connectivity index (χ2v) is 5.99. The molecular weight excluding hydrogens is 270 g/mol. The molecule has 0 bridgehead atoms. The molecule has 1 aromatic carbocycles. The van der Waals surface area contributed by atoms with E-state index in [1.807, 2.05) is 18.2 Å².